The van der Waals surface area contributed by atoms with E-state index in [1.54, 1.807) is 0 Å². The predicted molar refractivity (Wildman–Crippen MR) is 121 cm³/mol. The molecule has 5 nitrogen and oxygen atoms in total. The molecule has 0 saturated carbocycles. The summed E-state index contributed by atoms with van der Waals surface area (Å²) in [5, 5.41) is 1.21. The molecule has 0 unspecified atom stereocenters. The van der Waals surface area contributed by atoms with Gasteiger partial charge in [-0.3, -0.25) is 4.79 Å². The Morgan fingerprint density at radius 3 is 2.43 bits per heavy atom. The number of aryl methyl sites for hydroxylation is 3. The summed E-state index contributed by atoms with van der Waals surface area (Å²) in [7, 11) is 0. The number of fused-ring (bicyclic) bond motifs is 1. The lowest BCUT2D eigenvalue weighted by Gasteiger charge is -2.35. The first-order valence-corrected chi connectivity index (χ1v) is 10.6. The van der Waals surface area contributed by atoms with Crippen LogP contribution in [-0.2, 0) is 4.79 Å². The quantitative estimate of drug-likeness (QED) is 0.638. The number of amides is 1. The number of benzene rings is 2. The van der Waals surface area contributed by atoms with Gasteiger partial charge in [0.15, 0.2) is 0 Å². The van der Waals surface area contributed by atoms with Crippen LogP contribution in [0.3, 0.4) is 0 Å². The van der Waals surface area contributed by atoms with Crippen molar-refractivity contribution in [2.75, 3.05) is 37.7 Å². The number of hydrogen-bond donors (Lipinski definition) is 0. The molecule has 4 rings (SSSR count). The number of carbonyl (C=O) groups excluding carboxylic acids is 1. The van der Waals surface area contributed by atoms with Gasteiger partial charge < -0.3 is 14.5 Å². The number of nitrogens with zero attached hydrogens (tertiary/aromatic N) is 3. The van der Waals surface area contributed by atoms with E-state index in [4.69, 9.17) is 9.72 Å². The molecule has 1 aromatic heterocycles. The SMILES string of the molecule is Cc1ccc(OCCC(=O)N2CCN(c3cc(C)c4cccc(C)c4n3)CC2)cc1. The van der Waals surface area contributed by atoms with Gasteiger partial charge in [0, 0.05) is 31.6 Å². The summed E-state index contributed by atoms with van der Waals surface area (Å²) in [4.78, 5) is 21.7. The average molecular weight is 404 g/mol. The zero-order valence-corrected chi connectivity index (χ0v) is 18.0. The molecular formula is C25H29N3O2. The molecule has 1 fully saturated rings. The fourth-order valence-electron chi connectivity index (χ4n) is 3.94. The third-order valence-electron chi connectivity index (χ3n) is 5.80. The molecular weight excluding hydrogens is 374 g/mol. The first kappa shape index (κ1) is 20.2. The topological polar surface area (TPSA) is 45.7 Å². The van der Waals surface area contributed by atoms with Crippen LogP contribution in [0.1, 0.15) is 23.1 Å². The lowest BCUT2D eigenvalue weighted by Crippen LogP contribution is -2.49. The first-order valence-electron chi connectivity index (χ1n) is 10.6. The van der Waals surface area contributed by atoms with E-state index in [-0.39, 0.29) is 5.91 Å². The Kier molecular flexibility index (Phi) is 5.88. The summed E-state index contributed by atoms with van der Waals surface area (Å²) in [5.41, 5.74) is 4.70. The molecule has 156 valence electrons. The van der Waals surface area contributed by atoms with E-state index in [2.05, 4.69) is 43.0 Å². The van der Waals surface area contributed by atoms with Crippen LogP contribution < -0.4 is 9.64 Å². The Morgan fingerprint density at radius 1 is 0.967 bits per heavy atom. The van der Waals surface area contributed by atoms with E-state index >= 15 is 0 Å². The van der Waals surface area contributed by atoms with Crippen LogP contribution in [0.2, 0.25) is 0 Å². The van der Waals surface area contributed by atoms with E-state index in [9.17, 15) is 4.79 Å². The number of para-hydroxylation sites is 1. The maximum Gasteiger partial charge on any atom is 0.226 e. The summed E-state index contributed by atoms with van der Waals surface area (Å²) < 4.78 is 5.71. The minimum Gasteiger partial charge on any atom is -0.493 e. The Bertz CT molecular complexity index is 1040. The van der Waals surface area contributed by atoms with Crippen molar-refractivity contribution in [3.63, 3.8) is 0 Å². The monoisotopic (exact) mass is 403 g/mol. The highest BCUT2D eigenvalue weighted by molar-refractivity contribution is 5.86. The van der Waals surface area contributed by atoms with Crippen molar-refractivity contribution in [3.8, 4) is 5.75 Å². The van der Waals surface area contributed by atoms with Crippen molar-refractivity contribution in [1.29, 1.82) is 0 Å². The van der Waals surface area contributed by atoms with Crippen molar-refractivity contribution in [2.45, 2.75) is 27.2 Å². The van der Waals surface area contributed by atoms with Crippen LogP contribution in [0.25, 0.3) is 10.9 Å². The van der Waals surface area contributed by atoms with Gasteiger partial charge in [-0.15, -0.1) is 0 Å². The molecule has 1 saturated heterocycles. The molecule has 0 atom stereocenters. The maximum atomic E-state index is 12.6. The second-order valence-corrected chi connectivity index (χ2v) is 8.05. The molecule has 2 heterocycles. The van der Waals surface area contributed by atoms with Crippen LogP contribution in [0, 0.1) is 20.8 Å². The predicted octanol–water partition coefficient (Wildman–Crippen LogP) is 4.28. The molecule has 0 N–H and O–H groups in total. The fraction of sp³-hybridized carbons (Fsp3) is 0.360. The Morgan fingerprint density at radius 2 is 1.70 bits per heavy atom. The molecule has 1 aliphatic rings. The molecule has 0 spiro atoms. The van der Waals surface area contributed by atoms with E-state index in [1.165, 1.54) is 22.1 Å². The molecule has 0 bridgehead atoms. The number of rotatable bonds is 5. The van der Waals surface area contributed by atoms with Crippen molar-refractivity contribution < 1.29 is 9.53 Å². The van der Waals surface area contributed by atoms with Crippen LogP contribution >= 0.6 is 0 Å². The Labute approximate surface area is 178 Å². The van der Waals surface area contributed by atoms with Crippen molar-refractivity contribution >= 4 is 22.6 Å². The van der Waals surface area contributed by atoms with Crippen molar-refractivity contribution in [2.24, 2.45) is 0 Å². The lowest BCUT2D eigenvalue weighted by molar-refractivity contribution is -0.132. The lowest BCUT2D eigenvalue weighted by atomic mass is 10.1. The highest BCUT2D eigenvalue weighted by atomic mass is 16.5. The fourth-order valence-corrected chi connectivity index (χ4v) is 3.94. The van der Waals surface area contributed by atoms with Gasteiger partial charge >= 0.3 is 0 Å². The summed E-state index contributed by atoms with van der Waals surface area (Å²) in [6.45, 7) is 9.73. The standard InChI is InChI=1S/C25H29N3O2/c1-18-7-9-21(10-8-18)30-16-11-24(29)28-14-12-27(13-15-28)23-17-20(3)22-6-4-5-19(2)25(22)26-23/h4-10,17H,11-16H2,1-3H3. The molecule has 3 aromatic rings. The smallest absolute Gasteiger partial charge is 0.226 e. The second kappa shape index (κ2) is 8.74. The van der Waals surface area contributed by atoms with Gasteiger partial charge in [0.1, 0.15) is 11.6 Å². The van der Waals surface area contributed by atoms with Crippen LogP contribution in [0.5, 0.6) is 5.75 Å². The molecule has 30 heavy (non-hydrogen) atoms. The summed E-state index contributed by atoms with van der Waals surface area (Å²) in [5.74, 6) is 1.97. The van der Waals surface area contributed by atoms with Gasteiger partial charge in [0.05, 0.1) is 18.5 Å². The van der Waals surface area contributed by atoms with Crippen LogP contribution in [0.4, 0.5) is 5.82 Å². The number of hydrogen-bond acceptors (Lipinski definition) is 4. The van der Waals surface area contributed by atoms with E-state index in [1.807, 2.05) is 36.1 Å². The van der Waals surface area contributed by atoms with Gasteiger partial charge in [-0.1, -0.05) is 35.9 Å². The number of pyridine rings is 1. The first-order chi connectivity index (χ1) is 14.5. The number of aromatic nitrogens is 1. The highest BCUT2D eigenvalue weighted by Gasteiger charge is 2.22. The van der Waals surface area contributed by atoms with Gasteiger partial charge in [0.2, 0.25) is 5.91 Å². The Hall–Kier alpha value is -3.08. The number of piperazine rings is 1. The highest BCUT2D eigenvalue weighted by Crippen LogP contribution is 2.25. The van der Waals surface area contributed by atoms with Crippen LogP contribution in [0.15, 0.2) is 48.5 Å². The van der Waals surface area contributed by atoms with E-state index in [0.717, 1.165) is 43.3 Å². The van der Waals surface area contributed by atoms with Crippen molar-refractivity contribution in [3.05, 3.63) is 65.2 Å². The third-order valence-corrected chi connectivity index (χ3v) is 5.80. The third kappa shape index (κ3) is 4.40. The van der Waals surface area contributed by atoms with Gasteiger partial charge in [-0.25, -0.2) is 4.98 Å². The summed E-state index contributed by atoms with van der Waals surface area (Å²) >= 11 is 0. The summed E-state index contributed by atoms with van der Waals surface area (Å²) in [6.07, 6.45) is 0.403. The molecule has 0 aliphatic carbocycles. The normalized spacial score (nSPS) is 14.2. The second-order valence-electron chi connectivity index (χ2n) is 8.05. The van der Waals surface area contributed by atoms with Crippen LogP contribution in [-0.4, -0.2) is 48.6 Å². The van der Waals surface area contributed by atoms with Gasteiger partial charge in [-0.2, -0.15) is 0 Å². The van der Waals surface area contributed by atoms with Crippen molar-refractivity contribution in [1.82, 2.24) is 9.88 Å². The summed E-state index contributed by atoms with van der Waals surface area (Å²) in [6, 6.07) is 16.4. The van der Waals surface area contributed by atoms with E-state index < -0.39 is 0 Å². The van der Waals surface area contributed by atoms with E-state index in [0.29, 0.717) is 13.0 Å². The van der Waals surface area contributed by atoms with Gasteiger partial charge in [-0.05, 0) is 50.1 Å². The average Bonchev–Trinajstić information content (AvgIpc) is 2.76. The molecule has 0 radical (unpaired) electrons. The minimum atomic E-state index is 0.153. The minimum absolute atomic E-state index is 0.153. The number of ether oxygens (including phenoxy) is 1. The Balaban J connectivity index is 1.32. The molecule has 1 amide bonds. The number of carbonyl (C=O) groups is 1. The zero-order valence-electron chi connectivity index (χ0n) is 18.0. The van der Waals surface area contributed by atoms with Gasteiger partial charge in [0.25, 0.3) is 0 Å². The molecule has 5 heteroatoms. The maximum absolute atomic E-state index is 12.6. The largest absolute Gasteiger partial charge is 0.493 e. The number of anilines is 1. The molecule has 1 aliphatic heterocycles. The molecule has 2 aromatic carbocycles. The zero-order chi connectivity index (χ0) is 21.1.